The fourth-order valence-electron chi connectivity index (χ4n) is 4.09. The van der Waals surface area contributed by atoms with Crippen LogP contribution in [0.5, 0.6) is 0 Å². The van der Waals surface area contributed by atoms with Crippen LogP contribution in [0.15, 0.2) is 48.5 Å². The molecule has 194 valence electrons. The largest absolute Gasteiger partial charge is 0.378 e. The molecule has 1 aliphatic rings. The number of carbonyl (C=O) groups excluding carboxylic acids is 3. The third kappa shape index (κ3) is 6.56. The van der Waals surface area contributed by atoms with Crippen LogP contribution in [-0.2, 0) is 9.59 Å². The summed E-state index contributed by atoms with van der Waals surface area (Å²) in [5.74, 6) is -0.0889. The summed E-state index contributed by atoms with van der Waals surface area (Å²) in [5.41, 5.74) is 2.89. The molecular formula is C28H39N5O3. The van der Waals surface area contributed by atoms with Gasteiger partial charge in [0, 0.05) is 38.6 Å². The highest BCUT2D eigenvalue weighted by atomic mass is 16.2. The number of hydrogen-bond donors (Lipinski definition) is 2. The Kier molecular flexibility index (Phi) is 8.96. The molecule has 8 nitrogen and oxygen atoms in total. The molecule has 0 aromatic heterocycles. The lowest BCUT2D eigenvalue weighted by molar-refractivity contribution is -0.128. The van der Waals surface area contributed by atoms with Crippen LogP contribution in [0.2, 0.25) is 0 Å². The smallest absolute Gasteiger partial charge is 0.320 e. The number of fused-ring (bicyclic) bond motifs is 1. The molecule has 2 N–H and O–H groups in total. The average molecular weight is 494 g/mol. The van der Waals surface area contributed by atoms with Crippen LogP contribution in [0.3, 0.4) is 0 Å². The Balaban J connectivity index is 1.93. The molecule has 0 unspecified atom stereocenters. The first kappa shape index (κ1) is 27.0. The van der Waals surface area contributed by atoms with E-state index in [0.717, 1.165) is 18.5 Å². The van der Waals surface area contributed by atoms with E-state index in [1.807, 2.05) is 61.5 Å². The van der Waals surface area contributed by atoms with Gasteiger partial charge in [0.1, 0.15) is 0 Å². The van der Waals surface area contributed by atoms with Gasteiger partial charge in [0.05, 0.1) is 11.4 Å². The van der Waals surface area contributed by atoms with E-state index in [9.17, 15) is 14.4 Å². The Morgan fingerprint density at radius 1 is 0.861 bits per heavy atom. The van der Waals surface area contributed by atoms with Gasteiger partial charge in [-0.05, 0) is 55.0 Å². The Bertz CT molecular complexity index is 1030. The number of amides is 4. The first-order valence-corrected chi connectivity index (χ1v) is 12.6. The molecule has 2 aromatic carbocycles. The minimum Gasteiger partial charge on any atom is -0.378 e. The van der Waals surface area contributed by atoms with Gasteiger partial charge in [0.15, 0.2) is 6.04 Å². The van der Waals surface area contributed by atoms with Gasteiger partial charge in [-0.25, -0.2) is 4.79 Å². The third-order valence-electron chi connectivity index (χ3n) is 6.25. The van der Waals surface area contributed by atoms with E-state index in [4.69, 9.17) is 0 Å². The minimum absolute atomic E-state index is 0.375. The highest BCUT2D eigenvalue weighted by molar-refractivity contribution is 6.21. The van der Waals surface area contributed by atoms with Crippen molar-refractivity contribution in [1.82, 2.24) is 5.32 Å². The molecule has 0 saturated carbocycles. The molecule has 36 heavy (non-hydrogen) atoms. The van der Waals surface area contributed by atoms with E-state index in [-0.39, 0.29) is 0 Å². The molecule has 1 aliphatic heterocycles. The van der Waals surface area contributed by atoms with Gasteiger partial charge >= 0.3 is 6.03 Å². The molecule has 0 bridgehead atoms. The van der Waals surface area contributed by atoms with Gasteiger partial charge in [-0.2, -0.15) is 0 Å². The summed E-state index contributed by atoms with van der Waals surface area (Å²) in [4.78, 5) is 45.8. The number of carbonyl (C=O) groups is 3. The lowest BCUT2D eigenvalue weighted by Crippen LogP contribution is -2.56. The highest BCUT2D eigenvalue weighted by Gasteiger charge is 2.41. The molecule has 0 spiro atoms. The van der Waals surface area contributed by atoms with Crippen LogP contribution in [0.4, 0.5) is 27.5 Å². The van der Waals surface area contributed by atoms with E-state index in [1.54, 1.807) is 15.9 Å². The van der Waals surface area contributed by atoms with Crippen LogP contribution in [0.1, 0.15) is 40.5 Å². The normalized spacial score (nSPS) is 14.2. The Morgan fingerprint density at radius 2 is 1.39 bits per heavy atom. The summed E-state index contributed by atoms with van der Waals surface area (Å²) < 4.78 is 0. The van der Waals surface area contributed by atoms with Crippen molar-refractivity contribution in [1.29, 1.82) is 0 Å². The molecule has 1 heterocycles. The summed E-state index contributed by atoms with van der Waals surface area (Å²) in [7, 11) is 3.83. The van der Waals surface area contributed by atoms with Crippen molar-refractivity contribution in [2.75, 3.05) is 47.2 Å². The van der Waals surface area contributed by atoms with Crippen molar-refractivity contribution < 1.29 is 14.4 Å². The summed E-state index contributed by atoms with van der Waals surface area (Å²) in [6.07, 6.45) is 1.55. The Labute approximate surface area is 214 Å². The van der Waals surface area contributed by atoms with Crippen molar-refractivity contribution >= 4 is 40.6 Å². The maximum atomic E-state index is 13.8. The van der Waals surface area contributed by atoms with Crippen molar-refractivity contribution in [3.8, 4) is 0 Å². The van der Waals surface area contributed by atoms with E-state index >= 15 is 0 Å². The van der Waals surface area contributed by atoms with Gasteiger partial charge in [-0.15, -0.1) is 0 Å². The van der Waals surface area contributed by atoms with Gasteiger partial charge in [0.2, 0.25) is 0 Å². The average Bonchev–Trinajstić information content (AvgIpc) is 2.90. The number of nitrogens with one attached hydrogen (secondary N) is 2. The molecule has 0 aliphatic carbocycles. The van der Waals surface area contributed by atoms with Crippen molar-refractivity contribution in [2.45, 2.75) is 46.6 Å². The van der Waals surface area contributed by atoms with Crippen LogP contribution in [0, 0.1) is 11.8 Å². The summed E-state index contributed by atoms with van der Waals surface area (Å²) in [6.45, 7) is 9.31. The Hall–Kier alpha value is -3.55. The maximum Gasteiger partial charge on any atom is 0.320 e. The predicted octanol–water partition coefficient (Wildman–Crippen LogP) is 4.71. The molecule has 0 atom stereocenters. The number of rotatable bonds is 9. The minimum atomic E-state index is -1.33. The van der Waals surface area contributed by atoms with Gasteiger partial charge < -0.3 is 25.3 Å². The van der Waals surface area contributed by atoms with Crippen LogP contribution in [0.25, 0.3) is 0 Å². The first-order chi connectivity index (χ1) is 17.1. The SMILES string of the molecule is CC(C)CCN1C(=O)C(NC(=O)Nc2cccc(N(C)C)c2)C(=O)N(CCC(C)C)c2ccccc21. The molecule has 2 aromatic rings. The van der Waals surface area contributed by atoms with E-state index in [2.05, 4.69) is 38.3 Å². The topological polar surface area (TPSA) is 85.0 Å². The molecule has 0 radical (unpaired) electrons. The second-order valence-electron chi connectivity index (χ2n) is 10.3. The van der Waals surface area contributed by atoms with Crippen LogP contribution in [-0.4, -0.2) is 51.1 Å². The van der Waals surface area contributed by atoms with Gasteiger partial charge in [0.25, 0.3) is 11.8 Å². The number of hydrogen-bond acceptors (Lipinski definition) is 4. The van der Waals surface area contributed by atoms with Gasteiger partial charge in [-0.1, -0.05) is 45.9 Å². The number of nitrogens with zero attached hydrogens (tertiary/aromatic N) is 3. The zero-order chi connectivity index (χ0) is 26.4. The quantitative estimate of drug-likeness (QED) is 0.495. The fourth-order valence-corrected chi connectivity index (χ4v) is 4.09. The predicted molar refractivity (Wildman–Crippen MR) is 147 cm³/mol. The zero-order valence-corrected chi connectivity index (χ0v) is 22.2. The van der Waals surface area contributed by atoms with Crippen LogP contribution >= 0.6 is 0 Å². The molecule has 0 fully saturated rings. The second kappa shape index (κ2) is 11.9. The van der Waals surface area contributed by atoms with Crippen molar-refractivity contribution in [2.24, 2.45) is 11.8 Å². The fraction of sp³-hybridized carbons (Fsp3) is 0.464. The number of urea groups is 1. The molecule has 3 rings (SSSR count). The lowest BCUT2D eigenvalue weighted by atomic mass is 10.1. The molecule has 0 saturated heterocycles. The first-order valence-electron chi connectivity index (χ1n) is 12.6. The Morgan fingerprint density at radius 3 is 1.86 bits per heavy atom. The number of anilines is 4. The van der Waals surface area contributed by atoms with Gasteiger partial charge in [-0.3, -0.25) is 9.59 Å². The highest BCUT2D eigenvalue weighted by Crippen LogP contribution is 2.34. The maximum absolute atomic E-state index is 13.8. The molecule has 4 amide bonds. The number of para-hydroxylation sites is 2. The molecule has 8 heteroatoms. The monoisotopic (exact) mass is 493 g/mol. The van der Waals surface area contributed by atoms with E-state index in [1.165, 1.54) is 0 Å². The summed E-state index contributed by atoms with van der Waals surface area (Å²) >= 11 is 0. The second-order valence-corrected chi connectivity index (χ2v) is 10.3. The summed E-state index contributed by atoms with van der Waals surface area (Å²) in [6, 6.07) is 12.9. The van der Waals surface area contributed by atoms with E-state index < -0.39 is 23.9 Å². The number of benzene rings is 2. The van der Waals surface area contributed by atoms with Crippen LogP contribution < -0.4 is 25.3 Å². The van der Waals surface area contributed by atoms with Crippen molar-refractivity contribution in [3.63, 3.8) is 0 Å². The third-order valence-corrected chi connectivity index (χ3v) is 6.25. The molecular weight excluding hydrogens is 454 g/mol. The summed E-state index contributed by atoms with van der Waals surface area (Å²) in [5, 5.41) is 5.46. The van der Waals surface area contributed by atoms with E-state index in [0.29, 0.717) is 42.0 Å². The lowest BCUT2D eigenvalue weighted by Gasteiger charge is -2.26. The van der Waals surface area contributed by atoms with Crippen molar-refractivity contribution in [3.05, 3.63) is 48.5 Å². The zero-order valence-electron chi connectivity index (χ0n) is 22.2. The standard InChI is InChI=1S/C28H39N5O3/c1-19(2)14-16-32-23-12-7-8-13-24(23)33(17-15-20(3)4)27(35)25(26(32)34)30-28(36)29-21-10-9-11-22(18-21)31(5)6/h7-13,18-20,25H,14-17H2,1-6H3,(H2,29,30,36).